The van der Waals surface area contributed by atoms with E-state index in [0.717, 1.165) is 5.57 Å². The molecule has 0 amide bonds. The minimum absolute atomic E-state index is 0.0590. The van der Waals surface area contributed by atoms with Crippen LogP contribution in [0.3, 0.4) is 0 Å². The molecular formula is C15H29N. The van der Waals surface area contributed by atoms with Crippen LogP contribution in [-0.4, -0.2) is 5.54 Å². The predicted molar refractivity (Wildman–Crippen MR) is 74.3 cm³/mol. The molecule has 1 heteroatoms. The van der Waals surface area contributed by atoms with Gasteiger partial charge in [-0.05, 0) is 24.2 Å². The van der Waals surface area contributed by atoms with E-state index in [1.807, 2.05) is 0 Å². The first kappa shape index (κ1) is 15.4. The van der Waals surface area contributed by atoms with E-state index in [-0.39, 0.29) is 11.0 Å². The lowest BCUT2D eigenvalue weighted by Crippen LogP contribution is -2.47. The molecule has 0 aliphatic rings. The minimum atomic E-state index is -0.344. The molecule has 0 heterocycles. The van der Waals surface area contributed by atoms with Gasteiger partial charge in [0, 0.05) is 5.54 Å². The van der Waals surface area contributed by atoms with E-state index in [4.69, 9.17) is 5.73 Å². The van der Waals surface area contributed by atoms with Crippen LogP contribution in [0, 0.1) is 17.3 Å². The maximum Gasteiger partial charge on any atom is 0.0403 e. The fraction of sp³-hybridized carbons (Fsp3) is 0.733. The summed E-state index contributed by atoms with van der Waals surface area (Å²) in [6.45, 7) is 19.3. The van der Waals surface area contributed by atoms with E-state index >= 15 is 0 Å². The fourth-order valence-corrected chi connectivity index (χ4v) is 1.67. The van der Waals surface area contributed by atoms with Crippen LogP contribution in [0.1, 0.15) is 48.5 Å². The highest BCUT2D eigenvalue weighted by atomic mass is 14.8. The zero-order chi connectivity index (χ0) is 13.1. The second kappa shape index (κ2) is 5.18. The lowest BCUT2D eigenvalue weighted by Gasteiger charge is -2.39. The molecule has 0 spiro atoms. The summed E-state index contributed by atoms with van der Waals surface area (Å²) in [7, 11) is 0. The van der Waals surface area contributed by atoms with E-state index in [2.05, 4.69) is 67.2 Å². The summed E-state index contributed by atoms with van der Waals surface area (Å²) in [5, 5.41) is 0. The van der Waals surface area contributed by atoms with Crippen molar-refractivity contribution in [1.29, 1.82) is 0 Å². The topological polar surface area (TPSA) is 26.0 Å². The average Bonchev–Trinajstić information content (AvgIpc) is 2.11. The molecule has 0 rings (SSSR count). The zero-order valence-corrected chi connectivity index (χ0v) is 12.1. The Labute approximate surface area is 102 Å². The Balaban J connectivity index is 4.85. The van der Waals surface area contributed by atoms with Gasteiger partial charge in [-0.25, -0.2) is 0 Å². The van der Waals surface area contributed by atoms with Gasteiger partial charge in [-0.15, -0.1) is 0 Å². The molecule has 0 fully saturated rings. The summed E-state index contributed by atoms with van der Waals surface area (Å²) in [5.74, 6) is 0.878. The third kappa shape index (κ3) is 4.13. The first-order valence-electron chi connectivity index (χ1n) is 6.16. The zero-order valence-electron chi connectivity index (χ0n) is 12.1. The van der Waals surface area contributed by atoms with Crippen molar-refractivity contribution in [3.8, 4) is 0 Å². The molecule has 2 atom stereocenters. The molecule has 16 heavy (non-hydrogen) atoms. The summed E-state index contributed by atoms with van der Waals surface area (Å²) < 4.78 is 0. The quantitative estimate of drug-likeness (QED) is 0.712. The van der Waals surface area contributed by atoms with E-state index in [9.17, 15) is 0 Å². The Hall–Kier alpha value is -0.560. The Bertz CT molecular complexity index is 264. The van der Waals surface area contributed by atoms with Gasteiger partial charge in [-0.3, -0.25) is 0 Å². The number of nitrogens with two attached hydrogens (primary N) is 1. The van der Waals surface area contributed by atoms with Crippen LogP contribution in [0.4, 0.5) is 0 Å². The van der Waals surface area contributed by atoms with Crippen LogP contribution in [-0.2, 0) is 0 Å². The maximum atomic E-state index is 6.43. The van der Waals surface area contributed by atoms with Crippen LogP contribution in [0.25, 0.3) is 0 Å². The van der Waals surface area contributed by atoms with Crippen molar-refractivity contribution >= 4 is 0 Å². The summed E-state index contributed by atoms with van der Waals surface area (Å²) >= 11 is 0. The highest BCUT2D eigenvalue weighted by Gasteiger charge is 2.34. The van der Waals surface area contributed by atoms with Crippen molar-refractivity contribution < 1.29 is 0 Å². The summed E-state index contributed by atoms with van der Waals surface area (Å²) in [5.41, 5.74) is 7.25. The van der Waals surface area contributed by atoms with Crippen molar-refractivity contribution in [2.75, 3.05) is 0 Å². The van der Waals surface area contributed by atoms with Gasteiger partial charge < -0.3 is 5.73 Å². The molecule has 0 aliphatic carbocycles. The van der Waals surface area contributed by atoms with Crippen LogP contribution >= 0.6 is 0 Å². The van der Waals surface area contributed by atoms with Gasteiger partial charge in [0.2, 0.25) is 0 Å². The third-order valence-electron chi connectivity index (χ3n) is 3.29. The van der Waals surface area contributed by atoms with Crippen LogP contribution in [0.5, 0.6) is 0 Å². The molecule has 0 aromatic rings. The first-order chi connectivity index (χ1) is 6.99. The molecule has 2 N–H and O–H groups in total. The SMILES string of the molecule is C=C(C(C)(C)C)C(C)(N)C(C)/C=C/C(C)C. The van der Waals surface area contributed by atoms with Crippen LogP contribution in [0.15, 0.2) is 24.3 Å². The first-order valence-corrected chi connectivity index (χ1v) is 6.16. The van der Waals surface area contributed by atoms with Gasteiger partial charge in [-0.2, -0.15) is 0 Å². The molecule has 0 saturated heterocycles. The van der Waals surface area contributed by atoms with Gasteiger partial charge >= 0.3 is 0 Å². The Morgan fingerprint density at radius 3 is 1.81 bits per heavy atom. The second-order valence-corrected chi connectivity index (χ2v) is 6.43. The Kier molecular flexibility index (Phi) is 5.00. The summed E-state index contributed by atoms with van der Waals surface area (Å²) in [4.78, 5) is 0. The summed E-state index contributed by atoms with van der Waals surface area (Å²) in [6, 6.07) is 0. The summed E-state index contributed by atoms with van der Waals surface area (Å²) in [6.07, 6.45) is 4.42. The normalized spacial score (nSPS) is 18.8. The van der Waals surface area contributed by atoms with Gasteiger partial charge in [0.25, 0.3) is 0 Å². The number of hydrogen-bond donors (Lipinski definition) is 1. The lowest BCUT2D eigenvalue weighted by molar-refractivity contribution is 0.344. The third-order valence-corrected chi connectivity index (χ3v) is 3.29. The number of rotatable bonds is 4. The lowest BCUT2D eigenvalue weighted by atomic mass is 9.71. The van der Waals surface area contributed by atoms with Crippen molar-refractivity contribution in [3.63, 3.8) is 0 Å². The molecule has 0 aromatic carbocycles. The second-order valence-electron chi connectivity index (χ2n) is 6.43. The monoisotopic (exact) mass is 223 g/mol. The number of allylic oxidation sites excluding steroid dienone is 1. The Morgan fingerprint density at radius 2 is 1.50 bits per heavy atom. The average molecular weight is 223 g/mol. The van der Waals surface area contributed by atoms with E-state index < -0.39 is 0 Å². The molecule has 0 saturated carbocycles. The molecule has 0 radical (unpaired) electrons. The van der Waals surface area contributed by atoms with E-state index in [1.54, 1.807) is 0 Å². The van der Waals surface area contributed by atoms with Crippen molar-refractivity contribution in [2.45, 2.75) is 54.0 Å². The van der Waals surface area contributed by atoms with Gasteiger partial charge in [-0.1, -0.05) is 65.8 Å². The largest absolute Gasteiger partial charge is 0.321 e. The minimum Gasteiger partial charge on any atom is -0.321 e. The fourth-order valence-electron chi connectivity index (χ4n) is 1.67. The van der Waals surface area contributed by atoms with Crippen molar-refractivity contribution in [3.05, 3.63) is 24.3 Å². The van der Waals surface area contributed by atoms with Gasteiger partial charge in [0.15, 0.2) is 0 Å². The van der Waals surface area contributed by atoms with E-state index in [0.29, 0.717) is 11.8 Å². The highest BCUT2D eigenvalue weighted by molar-refractivity contribution is 5.24. The molecule has 94 valence electrons. The molecule has 0 aromatic heterocycles. The molecule has 1 nitrogen and oxygen atoms in total. The molecular weight excluding hydrogens is 194 g/mol. The standard InChI is InChI=1S/C15H29N/c1-11(2)9-10-12(3)15(8,16)13(4)14(5,6)7/h9-12H,4,16H2,1-3,5-8H3/b10-9+. The maximum absolute atomic E-state index is 6.43. The molecule has 2 unspecified atom stereocenters. The molecule has 0 bridgehead atoms. The van der Waals surface area contributed by atoms with Crippen molar-refractivity contribution in [1.82, 2.24) is 0 Å². The van der Waals surface area contributed by atoms with E-state index in [1.165, 1.54) is 0 Å². The molecule has 0 aliphatic heterocycles. The smallest absolute Gasteiger partial charge is 0.0403 e. The van der Waals surface area contributed by atoms with Crippen molar-refractivity contribution in [2.24, 2.45) is 23.0 Å². The highest BCUT2D eigenvalue weighted by Crippen LogP contribution is 2.35. The van der Waals surface area contributed by atoms with Gasteiger partial charge in [0.1, 0.15) is 0 Å². The van der Waals surface area contributed by atoms with Gasteiger partial charge in [0.05, 0.1) is 0 Å². The number of hydrogen-bond acceptors (Lipinski definition) is 1. The Morgan fingerprint density at radius 1 is 1.06 bits per heavy atom. The van der Waals surface area contributed by atoms with Crippen LogP contribution < -0.4 is 5.73 Å². The van der Waals surface area contributed by atoms with Crippen LogP contribution in [0.2, 0.25) is 0 Å². The predicted octanol–water partition coefficient (Wildman–Crippen LogP) is 4.15.